The van der Waals surface area contributed by atoms with E-state index in [1.807, 2.05) is 45.0 Å². The summed E-state index contributed by atoms with van der Waals surface area (Å²) >= 11 is 0. The van der Waals surface area contributed by atoms with Crippen molar-refractivity contribution in [3.8, 4) is 5.75 Å². The Bertz CT molecular complexity index is 1470. The zero-order valence-corrected chi connectivity index (χ0v) is 25.7. The van der Waals surface area contributed by atoms with Crippen LogP contribution in [0.25, 0.3) is 0 Å². The van der Waals surface area contributed by atoms with Crippen LogP contribution in [0.15, 0.2) is 77.7 Å². The van der Waals surface area contributed by atoms with E-state index in [0.717, 1.165) is 46.7 Å². The summed E-state index contributed by atoms with van der Waals surface area (Å²) < 4.78 is 34.5. The van der Waals surface area contributed by atoms with Crippen LogP contribution in [0.5, 0.6) is 5.75 Å². The Balaban J connectivity index is 1.72. The standard InChI is InChI=1S/C33H41N3O5S/c1-5-31(33(38)34-27-9-6-7-10-27)35(22-26-17-13-24(2)14-18-26)32(37)23-36(28-11-8-12-29(21-28)41-4)42(39,40)30-19-15-25(3)16-20-30/h8,11-21,27,31H,5-7,9-10,22-23H2,1-4H3,(H,34,38)/t31-/m0/s1. The highest BCUT2D eigenvalue weighted by Crippen LogP contribution is 2.28. The number of sulfonamides is 1. The van der Waals surface area contributed by atoms with Gasteiger partial charge in [0.2, 0.25) is 11.8 Å². The van der Waals surface area contributed by atoms with Crippen LogP contribution >= 0.6 is 0 Å². The fourth-order valence-electron chi connectivity index (χ4n) is 5.31. The molecule has 3 aromatic carbocycles. The van der Waals surface area contributed by atoms with Crippen LogP contribution in [0.2, 0.25) is 0 Å². The molecule has 2 amide bonds. The van der Waals surface area contributed by atoms with E-state index in [1.165, 1.54) is 24.1 Å². The molecule has 9 heteroatoms. The van der Waals surface area contributed by atoms with E-state index in [4.69, 9.17) is 4.74 Å². The molecule has 1 saturated carbocycles. The lowest BCUT2D eigenvalue weighted by Crippen LogP contribution is -2.53. The highest BCUT2D eigenvalue weighted by molar-refractivity contribution is 7.92. The molecule has 1 aliphatic rings. The third kappa shape index (κ3) is 7.50. The first-order valence-electron chi connectivity index (χ1n) is 14.5. The molecule has 4 rings (SSSR count). The van der Waals surface area contributed by atoms with Crippen molar-refractivity contribution in [1.82, 2.24) is 10.2 Å². The number of rotatable bonds is 12. The molecule has 0 spiro atoms. The maximum atomic E-state index is 14.2. The van der Waals surface area contributed by atoms with Crippen LogP contribution in [0.3, 0.4) is 0 Å². The summed E-state index contributed by atoms with van der Waals surface area (Å²) in [6, 6.07) is 20.3. The molecule has 0 aliphatic heterocycles. The molecule has 0 aromatic heterocycles. The van der Waals surface area contributed by atoms with Gasteiger partial charge in [-0.25, -0.2) is 8.42 Å². The Morgan fingerprint density at radius 1 is 0.952 bits per heavy atom. The molecule has 42 heavy (non-hydrogen) atoms. The fraction of sp³-hybridized carbons (Fsp3) is 0.394. The number of carbonyl (C=O) groups is 2. The summed E-state index contributed by atoms with van der Waals surface area (Å²) in [5.41, 5.74) is 3.15. The predicted molar refractivity (Wildman–Crippen MR) is 165 cm³/mol. The van der Waals surface area contributed by atoms with E-state index in [-0.39, 0.29) is 23.4 Å². The van der Waals surface area contributed by atoms with Gasteiger partial charge >= 0.3 is 0 Å². The Kier molecular flexibility index (Phi) is 10.3. The molecule has 224 valence electrons. The van der Waals surface area contributed by atoms with E-state index in [9.17, 15) is 18.0 Å². The molecule has 8 nitrogen and oxygen atoms in total. The topological polar surface area (TPSA) is 96.0 Å². The Morgan fingerprint density at radius 3 is 2.17 bits per heavy atom. The van der Waals surface area contributed by atoms with Crippen LogP contribution in [-0.4, -0.2) is 50.9 Å². The van der Waals surface area contributed by atoms with Crippen molar-refractivity contribution in [3.05, 3.63) is 89.5 Å². The number of aryl methyl sites for hydroxylation is 2. The van der Waals surface area contributed by atoms with E-state index in [1.54, 1.807) is 36.4 Å². The summed E-state index contributed by atoms with van der Waals surface area (Å²) in [5.74, 6) is -0.218. The van der Waals surface area contributed by atoms with Gasteiger partial charge in [-0.15, -0.1) is 0 Å². The molecule has 0 bridgehead atoms. The van der Waals surface area contributed by atoms with Crippen LogP contribution in [-0.2, 0) is 26.2 Å². The van der Waals surface area contributed by atoms with E-state index in [0.29, 0.717) is 17.9 Å². The molecule has 0 unspecified atom stereocenters. The third-order valence-corrected chi connectivity index (χ3v) is 9.58. The van der Waals surface area contributed by atoms with Crippen LogP contribution < -0.4 is 14.4 Å². The summed E-state index contributed by atoms with van der Waals surface area (Å²) in [6.45, 7) is 5.43. The van der Waals surface area contributed by atoms with Crippen molar-refractivity contribution in [3.63, 3.8) is 0 Å². The number of benzene rings is 3. The second-order valence-corrected chi connectivity index (χ2v) is 12.8. The van der Waals surface area contributed by atoms with Gasteiger partial charge in [-0.3, -0.25) is 13.9 Å². The maximum Gasteiger partial charge on any atom is 0.264 e. The highest BCUT2D eigenvalue weighted by atomic mass is 32.2. The summed E-state index contributed by atoms with van der Waals surface area (Å²) in [6.07, 6.45) is 4.37. The number of methoxy groups -OCH3 is 1. The molecule has 1 N–H and O–H groups in total. The smallest absolute Gasteiger partial charge is 0.264 e. The number of nitrogens with one attached hydrogen (secondary N) is 1. The number of nitrogens with zero attached hydrogens (tertiary/aromatic N) is 2. The van der Waals surface area contributed by atoms with Gasteiger partial charge in [0.1, 0.15) is 18.3 Å². The normalized spacial score (nSPS) is 14.3. The van der Waals surface area contributed by atoms with Crippen molar-refractivity contribution in [2.75, 3.05) is 18.0 Å². The first kappa shape index (κ1) is 31.1. The zero-order chi connectivity index (χ0) is 30.3. The predicted octanol–water partition coefficient (Wildman–Crippen LogP) is 5.37. The minimum atomic E-state index is -4.14. The lowest BCUT2D eigenvalue weighted by atomic mass is 10.1. The second kappa shape index (κ2) is 13.9. The minimum Gasteiger partial charge on any atom is -0.497 e. The summed E-state index contributed by atoms with van der Waals surface area (Å²) in [7, 11) is -2.64. The van der Waals surface area contributed by atoms with E-state index < -0.39 is 28.5 Å². The van der Waals surface area contributed by atoms with Gasteiger partial charge in [0.05, 0.1) is 17.7 Å². The maximum absolute atomic E-state index is 14.2. The van der Waals surface area contributed by atoms with Gasteiger partial charge in [-0.1, -0.05) is 73.4 Å². The Labute approximate surface area is 249 Å². The molecule has 0 saturated heterocycles. The van der Waals surface area contributed by atoms with Crippen molar-refractivity contribution in [2.24, 2.45) is 0 Å². The van der Waals surface area contributed by atoms with Crippen molar-refractivity contribution >= 4 is 27.5 Å². The van der Waals surface area contributed by atoms with Crippen LogP contribution in [0, 0.1) is 13.8 Å². The number of carbonyl (C=O) groups excluding carboxylic acids is 2. The molecule has 1 atom stereocenters. The van der Waals surface area contributed by atoms with Gasteiger partial charge in [0.25, 0.3) is 10.0 Å². The van der Waals surface area contributed by atoms with Crippen molar-refractivity contribution < 1.29 is 22.7 Å². The zero-order valence-electron chi connectivity index (χ0n) is 24.9. The Hall–Kier alpha value is -3.85. The van der Waals surface area contributed by atoms with Gasteiger partial charge < -0.3 is 15.0 Å². The van der Waals surface area contributed by atoms with Crippen LogP contribution in [0.4, 0.5) is 5.69 Å². The van der Waals surface area contributed by atoms with Gasteiger partial charge in [-0.05, 0) is 62.9 Å². The molecular formula is C33H41N3O5S. The number of hydrogen-bond acceptors (Lipinski definition) is 5. The SMILES string of the molecule is CC[C@@H](C(=O)NC1CCCC1)N(Cc1ccc(C)cc1)C(=O)CN(c1cccc(OC)c1)S(=O)(=O)c1ccc(C)cc1. The summed E-state index contributed by atoms with van der Waals surface area (Å²) in [4.78, 5) is 29.4. The monoisotopic (exact) mass is 591 g/mol. The number of hydrogen-bond donors (Lipinski definition) is 1. The van der Waals surface area contributed by atoms with Crippen molar-refractivity contribution in [1.29, 1.82) is 0 Å². The molecule has 1 aliphatic carbocycles. The largest absolute Gasteiger partial charge is 0.497 e. The third-order valence-electron chi connectivity index (χ3n) is 7.79. The van der Waals surface area contributed by atoms with Crippen molar-refractivity contribution in [2.45, 2.75) is 76.4 Å². The first-order chi connectivity index (χ1) is 20.1. The second-order valence-electron chi connectivity index (χ2n) is 10.9. The molecular weight excluding hydrogens is 550 g/mol. The average Bonchev–Trinajstić information content (AvgIpc) is 3.50. The summed E-state index contributed by atoms with van der Waals surface area (Å²) in [5, 5.41) is 3.14. The number of anilines is 1. The molecule has 3 aromatic rings. The first-order valence-corrected chi connectivity index (χ1v) is 15.9. The number of amides is 2. The highest BCUT2D eigenvalue weighted by Gasteiger charge is 2.34. The minimum absolute atomic E-state index is 0.0693. The average molecular weight is 592 g/mol. The lowest BCUT2D eigenvalue weighted by molar-refractivity contribution is -0.140. The Morgan fingerprint density at radius 2 is 1.57 bits per heavy atom. The van der Waals surface area contributed by atoms with Gasteiger partial charge in [0.15, 0.2) is 0 Å². The fourth-order valence-corrected chi connectivity index (χ4v) is 6.72. The van der Waals surface area contributed by atoms with E-state index in [2.05, 4.69) is 5.32 Å². The van der Waals surface area contributed by atoms with E-state index >= 15 is 0 Å². The van der Waals surface area contributed by atoms with Gasteiger partial charge in [-0.2, -0.15) is 0 Å². The molecule has 0 radical (unpaired) electrons. The number of ether oxygens (including phenoxy) is 1. The molecule has 1 fully saturated rings. The molecule has 0 heterocycles. The quantitative estimate of drug-likeness (QED) is 0.305. The van der Waals surface area contributed by atoms with Gasteiger partial charge in [0, 0.05) is 18.7 Å². The lowest BCUT2D eigenvalue weighted by Gasteiger charge is -2.34. The van der Waals surface area contributed by atoms with Crippen LogP contribution in [0.1, 0.15) is 55.7 Å².